The van der Waals surface area contributed by atoms with E-state index in [2.05, 4.69) is 33.4 Å². The van der Waals surface area contributed by atoms with E-state index in [0.717, 1.165) is 29.9 Å². The van der Waals surface area contributed by atoms with Gasteiger partial charge >= 0.3 is 0 Å². The summed E-state index contributed by atoms with van der Waals surface area (Å²) in [4.78, 5) is 19.1. The Balaban J connectivity index is 1.59. The van der Waals surface area contributed by atoms with E-state index in [0.29, 0.717) is 5.56 Å². The zero-order valence-electron chi connectivity index (χ0n) is 14.1. The number of para-hydroxylation sites is 1. The maximum absolute atomic E-state index is 12.6. The summed E-state index contributed by atoms with van der Waals surface area (Å²) in [6.45, 7) is 2.91. The zero-order valence-corrected chi connectivity index (χ0v) is 14.1. The zero-order chi connectivity index (χ0) is 17.2. The second-order valence-electron chi connectivity index (χ2n) is 6.29. The number of aryl methyl sites for hydroxylation is 1. The molecule has 2 heterocycles. The molecule has 0 saturated carbocycles. The Hall–Kier alpha value is -3.14. The van der Waals surface area contributed by atoms with Crippen molar-refractivity contribution in [1.82, 2.24) is 4.98 Å². The van der Waals surface area contributed by atoms with Gasteiger partial charge in [0.25, 0.3) is 5.91 Å². The van der Waals surface area contributed by atoms with Crippen LogP contribution in [0, 0.1) is 6.92 Å². The van der Waals surface area contributed by atoms with Crippen molar-refractivity contribution in [3.63, 3.8) is 0 Å². The molecule has 0 atom stereocenters. The average molecular weight is 329 g/mol. The molecular formula is C21H19N3O. The van der Waals surface area contributed by atoms with Crippen LogP contribution in [0.1, 0.15) is 21.5 Å². The number of benzene rings is 2. The molecule has 0 fully saturated rings. The van der Waals surface area contributed by atoms with Gasteiger partial charge in [-0.3, -0.25) is 9.78 Å². The molecule has 0 spiro atoms. The minimum absolute atomic E-state index is 0.146. The molecule has 1 N–H and O–H groups in total. The second kappa shape index (κ2) is 6.40. The van der Waals surface area contributed by atoms with Crippen LogP contribution in [0.2, 0.25) is 0 Å². The lowest BCUT2D eigenvalue weighted by Gasteiger charge is -2.19. The normalized spacial score (nSPS) is 12.8. The lowest BCUT2D eigenvalue weighted by molar-refractivity contribution is 0.102. The molecule has 1 aliphatic heterocycles. The lowest BCUT2D eigenvalue weighted by Crippen LogP contribution is -2.16. The van der Waals surface area contributed by atoms with E-state index >= 15 is 0 Å². The van der Waals surface area contributed by atoms with E-state index in [1.807, 2.05) is 49.5 Å². The van der Waals surface area contributed by atoms with E-state index in [4.69, 9.17) is 0 Å². The first kappa shape index (κ1) is 15.4. The van der Waals surface area contributed by atoms with Gasteiger partial charge in [-0.05, 0) is 48.7 Å². The molecule has 0 bridgehead atoms. The Kier molecular flexibility index (Phi) is 3.94. The highest BCUT2D eigenvalue weighted by atomic mass is 16.1. The second-order valence-corrected chi connectivity index (χ2v) is 6.29. The summed E-state index contributed by atoms with van der Waals surface area (Å²) in [6, 6.07) is 18.0. The number of fused-ring (bicyclic) bond motifs is 1. The summed E-state index contributed by atoms with van der Waals surface area (Å²) in [7, 11) is 0. The fourth-order valence-corrected chi connectivity index (χ4v) is 3.23. The number of hydrogen-bond acceptors (Lipinski definition) is 3. The van der Waals surface area contributed by atoms with Crippen LogP contribution in [-0.2, 0) is 6.42 Å². The van der Waals surface area contributed by atoms with E-state index in [-0.39, 0.29) is 5.91 Å². The minimum atomic E-state index is -0.146. The van der Waals surface area contributed by atoms with Gasteiger partial charge in [-0.2, -0.15) is 0 Å². The van der Waals surface area contributed by atoms with Gasteiger partial charge in [-0.15, -0.1) is 0 Å². The van der Waals surface area contributed by atoms with Gasteiger partial charge in [0.1, 0.15) is 0 Å². The van der Waals surface area contributed by atoms with Crippen molar-refractivity contribution >= 4 is 23.0 Å². The number of rotatable bonds is 3. The molecule has 0 unspecified atom stereocenters. The largest absolute Gasteiger partial charge is 0.340 e. The monoisotopic (exact) mass is 329 g/mol. The number of nitrogens with one attached hydrogen (secondary N) is 1. The third-order valence-corrected chi connectivity index (χ3v) is 4.46. The third kappa shape index (κ3) is 3.11. The minimum Gasteiger partial charge on any atom is -0.340 e. The standard InChI is InChI=1S/C21H19N3O/c1-15-5-4-7-18(11-15)23-21(25)17-12-19(14-22-13-17)24-10-9-16-6-2-3-8-20(16)24/h2-8,11-14H,9-10H2,1H3,(H,23,25). The highest BCUT2D eigenvalue weighted by Gasteiger charge is 2.20. The summed E-state index contributed by atoms with van der Waals surface area (Å²) in [6.07, 6.45) is 4.43. The Morgan fingerprint density at radius 3 is 2.84 bits per heavy atom. The van der Waals surface area contributed by atoms with Crippen molar-refractivity contribution in [2.45, 2.75) is 13.3 Å². The average Bonchev–Trinajstić information content (AvgIpc) is 3.06. The van der Waals surface area contributed by atoms with E-state index in [1.165, 1.54) is 11.3 Å². The van der Waals surface area contributed by atoms with Crippen LogP contribution >= 0.6 is 0 Å². The summed E-state index contributed by atoms with van der Waals surface area (Å²) < 4.78 is 0. The first-order valence-electron chi connectivity index (χ1n) is 8.39. The molecule has 0 saturated heterocycles. The van der Waals surface area contributed by atoms with Gasteiger partial charge in [0.2, 0.25) is 0 Å². The third-order valence-electron chi connectivity index (χ3n) is 4.46. The van der Waals surface area contributed by atoms with Crippen molar-refractivity contribution in [3.8, 4) is 0 Å². The molecule has 3 aromatic rings. The van der Waals surface area contributed by atoms with Crippen molar-refractivity contribution in [3.05, 3.63) is 83.7 Å². The fourth-order valence-electron chi connectivity index (χ4n) is 3.23. The molecule has 0 radical (unpaired) electrons. The van der Waals surface area contributed by atoms with Gasteiger partial charge in [0.15, 0.2) is 0 Å². The molecule has 25 heavy (non-hydrogen) atoms. The molecule has 2 aromatic carbocycles. The maximum atomic E-state index is 12.6. The number of carbonyl (C=O) groups is 1. The molecule has 124 valence electrons. The van der Waals surface area contributed by atoms with E-state index in [9.17, 15) is 4.79 Å². The predicted molar refractivity (Wildman–Crippen MR) is 101 cm³/mol. The quantitative estimate of drug-likeness (QED) is 0.777. The molecular weight excluding hydrogens is 310 g/mol. The highest BCUT2D eigenvalue weighted by Crippen LogP contribution is 2.34. The summed E-state index contributed by atoms with van der Waals surface area (Å²) in [5, 5.41) is 2.94. The van der Waals surface area contributed by atoms with Gasteiger partial charge in [-0.25, -0.2) is 0 Å². The summed E-state index contributed by atoms with van der Waals surface area (Å²) in [5.41, 5.74) is 5.93. The number of amides is 1. The molecule has 1 amide bonds. The van der Waals surface area contributed by atoms with Gasteiger partial charge in [-0.1, -0.05) is 30.3 Å². The molecule has 1 aromatic heterocycles. The van der Waals surface area contributed by atoms with Gasteiger partial charge in [0.05, 0.1) is 17.4 Å². The van der Waals surface area contributed by atoms with Crippen LogP contribution < -0.4 is 10.2 Å². The van der Waals surface area contributed by atoms with Crippen LogP contribution in [0.5, 0.6) is 0 Å². The number of nitrogens with zero attached hydrogens (tertiary/aromatic N) is 2. The van der Waals surface area contributed by atoms with E-state index in [1.54, 1.807) is 6.20 Å². The van der Waals surface area contributed by atoms with Crippen LogP contribution in [0.4, 0.5) is 17.1 Å². The van der Waals surface area contributed by atoms with Gasteiger partial charge in [0, 0.05) is 24.1 Å². The van der Waals surface area contributed by atoms with E-state index < -0.39 is 0 Å². The van der Waals surface area contributed by atoms with Crippen molar-refractivity contribution in [1.29, 1.82) is 0 Å². The van der Waals surface area contributed by atoms with Crippen LogP contribution in [0.3, 0.4) is 0 Å². The van der Waals surface area contributed by atoms with Gasteiger partial charge < -0.3 is 10.2 Å². The predicted octanol–water partition coefficient (Wildman–Crippen LogP) is 4.34. The molecule has 4 nitrogen and oxygen atoms in total. The Morgan fingerprint density at radius 2 is 1.96 bits per heavy atom. The number of aromatic nitrogens is 1. The maximum Gasteiger partial charge on any atom is 0.257 e. The number of hydrogen-bond donors (Lipinski definition) is 1. The molecule has 0 aliphatic carbocycles. The lowest BCUT2D eigenvalue weighted by atomic mass is 10.2. The van der Waals surface area contributed by atoms with Crippen LogP contribution in [0.25, 0.3) is 0 Å². The Morgan fingerprint density at radius 1 is 1.08 bits per heavy atom. The molecule has 4 heteroatoms. The number of carbonyl (C=O) groups excluding carboxylic acids is 1. The number of anilines is 3. The summed E-state index contributed by atoms with van der Waals surface area (Å²) in [5.74, 6) is -0.146. The first-order chi connectivity index (χ1) is 12.2. The Labute approximate surface area is 147 Å². The van der Waals surface area contributed by atoms with Crippen molar-refractivity contribution in [2.24, 2.45) is 0 Å². The molecule has 1 aliphatic rings. The summed E-state index contributed by atoms with van der Waals surface area (Å²) >= 11 is 0. The topological polar surface area (TPSA) is 45.2 Å². The fraction of sp³-hybridized carbons (Fsp3) is 0.143. The van der Waals surface area contributed by atoms with Crippen LogP contribution in [0.15, 0.2) is 67.0 Å². The SMILES string of the molecule is Cc1cccc(NC(=O)c2cncc(N3CCc4ccccc43)c2)c1. The van der Waals surface area contributed by atoms with Crippen molar-refractivity contribution in [2.75, 3.05) is 16.8 Å². The highest BCUT2D eigenvalue weighted by molar-refractivity contribution is 6.04. The Bertz CT molecular complexity index is 936. The smallest absolute Gasteiger partial charge is 0.257 e. The number of pyridine rings is 1. The van der Waals surface area contributed by atoms with Crippen molar-refractivity contribution < 1.29 is 4.79 Å². The van der Waals surface area contributed by atoms with Crippen LogP contribution in [-0.4, -0.2) is 17.4 Å². The molecule has 4 rings (SSSR count). The first-order valence-corrected chi connectivity index (χ1v) is 8.39.